The van der Waals surface area contributed by atoms with Crippen molar-refractivity contribution >= 4 is 5.91 Å². The first-order valence-corrected chi connectivity index (χ1v) is 8.59. The lowest BCUT2D eigenvalue weighted by molar-refractivity contribution is -0.167. The number of hydrogen-bond acceptors (Lipinski definition) is 4. The summed E-state index contributed by atoms with van der Waals surface area (Å²) in [4.78, 5) is 14.4. The van der Waals surface area contributed by atoms with Gasteiger partial charge in [0.1, 0.15) is 5.75 Å². The first-order chi connectivity index (χ1) is 11.2. The molecule has 1 saturated carbocycles. The molecule has 1 saturated heterocycles. The Morgan fingerprint density at radius 3 is 2.57 bits per heavy atom. The van der Waals surface area contributed by atoms with E-state index < -0.39 is 12.1 Å². The highest BCUT2D eigenvalue weighted by Gasteiger charge is 2.52. The third-order valence-corrected chi connectivity index (χ3v) is 5.03. The van der Waals surface area contributed by atoms with Crippen molar-refractivity contribution in [1.29, 1.82) is 0 Å². The monoisotopic (exact) mass is 318 g/mol. The third kappa shape index (κ3) is 3.51. The molecule has 3 N–H and O–H groups in total. The molecule has 1 aliphatic heterocycles. The van der Waals surface area contributed by atoms with E-state index in [2.05, 4.69) is 0 Å². The number of benzene rings is 1. The van der Waals surface area contributed by atoms with Crippen LogP contribution >= 0.6 is 0 Å². The van der Waals surface area contributed by atoms with E-state index in [1.165, 1.54) is 32.1 Å². The molecule has 0 spiro atoms. The lowest BCUT2D eigenvalue weighted by atomic mass is 9.85. The van der Waals surface area contributed by atoms with Crippen LogP contribution in [0.2, 0.25) is 0 Å². The van der Waals surface area contributed by atoms with Gasteiger partial charge in [-0.3, -0.25) is 4.79 Å². The summed E-state index contributed by atoms with van der Waals surface area (Å²) >= 11 is 0. The van der Waals surface area contributed by atoms with Crippen molar-refractivity contribution in [2.75, 3.05) is 13.2 Å². The summed E-state index contributed by atoms with van der Waals surface area (Å²) in [6.45, 7) is 0.597. The molecule has 1 aliphatic carbocycles. The Morgan fingerprint density at radius 2 is 1.91 bits per heavy atom. The van der Waals surface area contributed by atoms with Crippen molar-refractivity contribution in [3.63, 3.8) is 0 Å². The fourth-order valence-corrected chi connectivity index (χ4v) is 3.73. The van der Waals surface area contributed by atoms with Crippen molar-refractivity contribution < 1.29 is 14.6 Å². The minimum Gasteiger partial charge on any atom is -0.478 e. The van der Waals surface area contributed by atoms with Crippen LogP contribution in [0, 0.1) is 5.92 Å². The van der Waals surface area contributed by atoms with Crippen LogP contribution in [0.15, 0.2) is 30.3 Å². The number of aliphatic hydroxyl groups excluding tert-OH is 1. The molecular weight excluding hydrogens is 292 g/mol. The maximum absolute atomic E-state index is 12.5. The highest BCUT2D eigenvalue weighted by Crippen LogP contribution is 2.32. The molecule has 5 heteroatoms. The average molecular weight is 318 g/mol. The number of likely N-dealkylation sites (tertiary alicyclic amines) is 1. The van der Waals surface area contributed by atoms with Gasteiger partial charge in [-0.15, -0.1) is 0 Å². The van der Waals surface area contributed by atoms with Gasteiger partial charge in [0, 0.05) is 6.54 Å². The third-order valence-electron chi connectivity index (χ3n) is 5.03. The Kier molecular flexibility index (Phi) is 5.18. The van der Waals surface area contributed by atoms with Gasteiger partial charge >= 0.3 is 0 Å². The van der Waals surface area contributed by atoms with Crippen molar-refractivity contribution in [1.82, 2.24) is 4.90 Å². The van der Waals surface area contributed by atoms with Gasteiger partial charge in [-0.25, -0.2) is 0 Å². The molecule has 1 aromatic rings. The minimum atomic E-state index is -0.580. The standard InChI is InChI=1S/C18H26N2O3/c19-15(12-21)16-17(23-14-9-5-2-6-10-14)18(22)20(16)11-13-7-3-1-4-8-13/h2,5-6,9-10,13,15-17,21H,1,3-4,7-8,11-12,19H2/t15-,16-,17+/m0/s1. The zero-order chi connectivity index (χ0) is 16.2. The number of ether oxygens (including phenoxy) is 1. The predicted molar refractivity (Wildman–Crippen MR) is 88.0 cm³/mol. The van der Waals surface area contributed by atoms with E-state index in [-0.39, 0.29) is 18.6 Å². The molecule has 1 heterocycles. The van der Waals surface area contributed by atoms with E-state index in [1.54, 1.807) is 0 Å². The summed E-state index contributed by atoms with van der Waals surface area (Å²) in [7, 11) is 0. The van der Waals surface area contributed by atoms with Crippen LogP contribution in [0.3, 0.4) is 0 Å². The molecule has 1 aromatic carbocycles. The molecule has 23 heavy (non-hydrogen) atoms. The lowest BCUT2D eigenvalue weighted by Crippen LogP contribution is -2.73. The summed E-state index contributed by atoms with van der Waals surface area (Å²) in [5, 5.41) is 9.45. The van der Waals surface area contributed by atoms with Gasteiger partial charge in [-0.2, -0.15) is 0 Å². The van der Waals surface area contributed by atoms with E-state index in [1.807, 2.05) is 35.2 Å². The first-order valence-electron chi connectivity index (χ1n) is 8.59. The number of carbonyl (C=O) groups is 1. The van der Waals surface area contributed by atoms with Crippen LogP contribution in [0.4, 0.5) is 0 Å². The number of carbonyl (C=O) groups excluding carboxylic acids is 1. The maximum Gasteiger partial charge on any atom is 0.266 e. The van der Waals surface area contributed by atoms with E-state index >= 15 is 0 Å². The molecule has 0 aromatic heterocycles. The molecule has 3 atom stereocenters. The van der Waals surface area contributed by atoms with Crippen molar-refractivity contribution in [3.05, 3.63) is 30.3 Å². The van der Waals surface area contributed by atoms with Gasteiger partial charge in [0.2, 0.25) is 0 Å². The van der Waals surface area contributed by atoms with Gasteiger partial charge in [0.25, 0.3) is 5.91 Å². The fourth-order valence-electron chi connectivity index (χ4n) is 3.73. The molecule has 0 radical (unpaired) electrons. The second-order valence-corrected chi connectivity index (χ2v) is 6.68. The predicted octanol–water partition coefficient (Wildman–Crippen LogP) is 1.54. The molecule has 1 amide bonds. The Labute approximate surface area is 137 Å². The highest BCUT2D eigenvalue weighted by atomic mass is 16.5. The highest BCUT2D eigenvalue weighted by molar-refractivity contribution is 5.89. The maximum atomic E-state index is 12.5. The Bertz CT molecular complexity index is 516. The van der Waals surface area contributed by atoms with Crippen LogP contribution < -0.4 is 10.5 Å². The van der Waals surface area contributed by atoms with E-state index in [4.69, 9.17) is 10.5 Å². The molecule has 0 unspecified atom stereocenters. The molecule has 2 aliphatic rings. The largest absolute Gasteiger partial charge is 0.478 e. The van der Waals surface area contributed by atoms with E-state index in [9.17, 15) is 9.90 Å². The van der Waals surface area contributed by atoms with Gasteiger partial charge in [0.15, 0.2) is 6.10 Å². The first kappa shape index (κ1) is 16.3. The van der Waals surface area contributed by atoms with Crippen LogP contribution in [0.25, 0.3) is 0 Å². The Balaban J connectivity index is 1.67. The Morgan fingerprint density at radius 1 is 1.22 bits per heavy atom. The number of hydrogen-bond donors (Lipinski definition) is 2. The van der Waals surface area contributed by atoms with E-state index in [0.29, 0.717) is 11.7 Å². The zero-order valence-corrected chi connectivity index (χ0v) is 13.4. The second kappa shape index (κ2) is 7.32. The van der Waals surface area contributed by atoms with Gasteiger partial charge < -0.3 is 20.5 Å². The van der Waals surface area contributed by atoms with Crippen LogP contribution in [0.5, 0.6) is 5.75 Å². The number of nitrogens with zero attached hydrogens (tertiary/aromatic N) is 1. The fraction of sp³-hybridized carbons (Fsp3) is 0.611. The number of para-hydroxylation sites is 1. The number of nitrogens with two attached hydrogens (primary N) is 1. The quantitative estimate of drug-likeness (QED) is 0.780. The summed E-state index contributed by atoms with van der Waals surface area (Å²) < 4.78 is 5.84. The summed E-state index contributed by atoms with van der Waals surface area (Å²) in [6, 6.07) is 8.61. The van der Waals surface area contributed by atoms with Crippen molar-refractivity contribution in [2.45, 2.75) is 50.3 Å². The molecule has 0 bridgehead atoms. The minimum absolute atomic E-state index is 0.00618. The topological polar surface area (TPSA) is 75.8 Å². The number of β-lactam (4-membered cyclic amide) rings is 1. The molecule has 3 rings (SSSR count). The van der Waals surface area contributed by atoms with Gasteiger partial charge in [0.05, 0.1) is 18.7 Å². The van der Waals surface area contributed by atoms with Crippen molar-refractivity contribution in [3.8, 4) is 5.75 Å². The van der Waals surface area contributed by atoms with Crippen LogP contribution in [0.1, 0.15) is 32.1 Å². The summed E-state index contributed by atoms with van der Waals surface area (Å²) in [5.41, 5.74) is 6.06. The molecule has 2 fully saturated rings. The van der Waals surface area contributed by atoms with Gasteiger partial charge in [-0.05, 0) is 30.9 Å². The number of rotatable bonds is 6. The average Bonchev–Trinajstić information content (AvgIpc) is 2.61. The number of amides is 1. The van der Waals surface area contributed by atoms with Gasteiger partial charge in [-0.1, -0.05) is 37.5 Å². The van der Waals surface area contributed by atoms with Crippen LogP contribution in [-0.2, 0) is 4.79 Å². The molecule has 126 valence electrons. The molecular formula is C18H26N2O3. The second-order valence-electron chi connectivity index (χ2n) is 6.68. The summed E-state index contributed by atoms with van der Waals surface area (Å²) in [6.07, 6.45) is 5.55. The number of aliphatic hydroxyl groups is 1. The van der Waals surface area contributed by atoms with Crippen LogP contribution in [-0.4, -0.2) is 47.3 Å². The summed E-state index contributed by atoms with van der Waals surface area (Å²) in [5.74, 6) is 1.21. The lowest BCUT2D eigenvalue weighted by Gasteiger charge is -2.50. The normalized spacial score (nSPS) is 26.7. The smallest absolute Gasteiger partial charge is 0.266 e. The zero-order valence-electron chi connectivity index (χ0n) is 13.4. The van der Waals surface area contributed by atoms with E-state index in [0.717, 1.165) is 6.54 Å². The SMILES string of the molecule is N[C@@H](CO)[C@H]1[C@@H](Oc2ccccc2)C(=O)N1CC1CCCCC1. The van der Waals surface area contributed by atoms with Crippen molar-refractivity contribution in [2.24, 2.45) is 11.7 Å². The Hall–Kier alpha value is -1.59. The molecule has 5 nitrogen and oxygen atoms in total.